The lowest BCUT2D eigenvalue weighted by Gasteiger charge is -2.28. The predicted octanol–water partition coefficient (Wildman–Crippen LogP) is -0.0327. The molecule has 2 rings (SSSR count). The Bertz CT molecular complexity index is 363. The Balaban J connectivity index is 1.81. The molecular weight excluding hydrogens is 262 g/mol. The van der Waals surface area contributed by atoms with Gasteiger partial charge in [0.15, 0.2) is 5.54 Å². The van der Waals surface area contributed by atoms with Crippen molar-refractivity contribution in [3.05, 3.63) is 0 Å². The summed E-state index contributed by atoms with van der Waals surface area (Å²) in [6.07, 6.45) is 2.75. The third kappa shape index (κ3) is 3.40. The predicted molar refractivity (Wildman–Crippen MR) is 72.6 cm³/mol. The molecular formula is C13H23N3O4. The maximum atomic E-state index is 12.1. The lowest BCUT2D eigenvalue weighted by Crippen LogP contribution is -2.58. The smallest absolute Gasteiger partial charge is 0.332 e. The van der Waals surface area contributed by atoms with Crippen molar-refractivity contribution >= 4 is 12.0 Å². The molecule has 0 aliphatic carbocycles. The number of likely N-dealkylation sites (N-methyl/N-ethyl adjacent to an activating group) is 1. The summed E-state index contributed by atoms with van der Waals surface area (Å²) in [7, 11) is 1.69. The van der Waals surface area contributed by atoms with Gasteiger partial charge in [-0.3, -0.25) is 0 Å². The van der Waals surface area contributed by atoms with E-state index >= 15 is 0 Å². The van der Waals surface area contributed by atoms with E-state index in [1.54, 1.807) is 11.9 Å². The number of nitrogens with zero attached hydrogens (tertiary/aromatic N) is 2. The molecule has 0 aromatic rings. The number of nitrogens with one attached hydrogen (secondary N) is 1. The average Bonchev–Trinajstić information content (AvgIpc) is 3.07. The summed E-state index contributed by atoms with van der Waals surface area (Å²) in [5.74, 6) is -1.03. The lowest BCUT2D eigenvalue weighted by molar-refractivity contribution is -0.144. The molecule has 114 valence electrons. The second-order valence-corrected chi connectivity index (χ2v) is 5.59. The van der Waals surface area contributed by atoms with Crippen molar-refractivity contribution in [2.24, 2.45) is 0 Å². The van der Waals surface area contributed by atoms with Crippen LogP contribution in [0.1, 0.15) is 19.3 Å². The van der Waals surface area contributed by atoms with Crippen LogP contribution in [0.5, 0.6) is 0 Å². The van der Waals surface area contributed by atoms with Gasteiger partial charge in [-0.1, -0.05) is 0 Å². The van der Waals surface area contributed by atoms with Gasteiger partial charge >= 0.3 is 12.0 Å². The van der Waals surface area contributed by atoms with Crippen LogP contribution in [0.3, 0.4) is 0 Å². The minimum atomic E-state index is -1.26. The van der Waals surface area contributed by atoms with Crippen LogP contribution in [0.15, 0.2) is 0 Å². The molecule has 7 nitrogen and oxygen atoms in total. The summed E-state index contributed by atoms with van der Waals surface area (Å²) >= 11 is 0. The Morgan fingerprint density at radius 1 is 1.40 bits per heavy atom. The Hall–Kier alpha value is -1.34. The Morgan fingerprint density at radius 2 is 2.10 bits per heavy atom. The fourth-order valence-corrected chi connectivity index (χ4v) is 2.59. The summed E-state index contributed by atoms with van der Waals surface area (Å²) in [5.41, 5.74) is -1.26. The van der Waals surface area contributed by atoms with E-state index in [1.807, 2.05) is 0 Å². The fourth-order valence-electron chi connectivity index (χ4n) is 2.59. The van der Waals surface area contributed by atoms with Crippen molar-refractivity contribution in [2.45, 2.75) is 24.8 Å². The molecule has 2 fully saturated rings. The molecule has 2 amide bonds. The van der Waals surface area contributed by atoms with Crippen LogP contribution in [0, 0.1) is 0 Å². The molecule has 2 saturated heterocycles. The van der Waals surface area contributed by atoms with E-state index in [2.05, 4.69) is 10.2 Å². The van der Waals surface area contributed by atoms with Crippen molar-refractivity contribution in [1.29, 1.82) is 0 Å². The van der Waals surface area contributed by atoms with E-state index < -0.39 is 11.5 Å². The molecule has 2 N–H and O–H groups in total. The monoisotopic (exact) mass is 285 g/mol. The number of rotatable bonds is 5. The van der Waals surface area contributed by atoms with E-state index in [1.165, 1.54) is 12.8 Å². The van der Waals surface area contributed by atoms with E-state index in [4.69, 9.17) is 4.74 Å². The van der Waals surface area contributed by atoms with Gasteiger partial charge in [0.05, 0.1) is 6.61 Å². The van der Waals surface area contributed by atoms with Crippen molar-refractivity contribution < 1.29 is 19.4 Å². The number of carbonyl (C=O) groups is 2. The Labute approximate surface area is 118 Å². The second-order valence-electron chi connectivity index (χ2n) is 5.59. The van der Waals surface area contributed by atoms with Gasteiger partial charge in [0, 0.05) is 33.2 Å². The quantitative estimate of drug-likeness (QED) is 0.741. The highest BCUT2D eigenvalue weighted by Crippen LogP contribution is 2.19. The maximum absolute atomic E-state index is 12.1. The van der Waals surface area contributed by atoms with Gasteiger partial charge in [0.1, 0.15) is 0 Å². The number of carboxylic acids is 1. The zero-order valence-electron chi connectivity index (χ0n) is 11.9. The first-order valence-corrected chi connectivity index (χ1v) is 7.10. The van der Waals surface area contributed by atoms with E-state index in [0.29, 0.717) is 19.6 Å². The molecule has 1 unspecified atom stereocenters. The van der Waals surface area contributed by atoms with E-state index in [-0.39, 0.29) is 12.6 Å². The molecule has 20 heavy (non-hydrogen) atoms. The molecule has 0 aromatic carbocycles. The van der Waals surface area contributed by atoms with Gasteiger partial charge in [-0.2, -0.15) is 0 Å². The van der Waals surface area contributed by atoms with Gasteiger partial charge in [-0.05, 0) is 25.9 Å². The number of hydrogen-bond acceptors (Lipinski definition) is 4. The minimum absolute atomic E-state index is 0.0358. The molecule has 0 aromatic heterocycles. The second kappa shape index (κ2) is 6.41. The summed E-state index contributed by atoms with van der Waals surface area (Å²) < 4.78 is 5.12. The number of ether oxygens (including phenoxy) is 1. The van der Waals surface area contributed by atoms with Gasteiger partial charge in [-0.25, -0.2) is 9.59 Å². The normalized spacial score (nSPS) is 26.6. The van der Waals surface area contributed by atoms with Crippen molar-refractivity contribution in [3.63, 3.8) is 0 Å². The van der Waals surface area contributed by atoms with Gasteiger partial charge in [0.25, 0.3) is 0 Å². The third-order valence-electron chi connectivity index (χ3n) is 4.07. The molecule has 2 aliphatic rings. The van der Waals surface area contributed by atoms with Gasteiger partial charge in [-0.15, -0.1) is 0 Å². The zero-order chi connectivity index (χ0) is 14.6. The highest BCUT2D eigenvalue weighted by molar-refractivity contribution is 5.86. The van der Waals surface area contributed by atoms with Crippen LogP contribution in [-0.4, -0.2) is 78.9 Å². The lowest BCUT2D eigenvalue weighted by atomic mass is 9.99. The van der Waals surface area contributed by atoms with Gasteiger partial charge < -0.3 is 25.0 Å². The van der Waals surface area contributed by atoms with Crippen LogP contribution >= 0.6 is 0 Å². The molecule has 0 radical (unpaired) electrons. The summed E-state index contributed by atoms with van der Waals surface area (Å²) in [5, 5.41) is 11.9. The highest BCUT2D eigenvalue weighted by Gasteiger charge is 2.44. The molecule has 1 atom stereocenters. The van der Waals surface area contributed by atoms with Crippen LogP contribution in [0.25, 0.3) is 0 Å². The van der Waals surface area contributed by atoms with Gasteiger partial charge in [0.2, 0.25) is 0 Å². The average molecular weight is 285 g/mol. The van der Waals surface area contributed by atoms with Crippen molar-refractivity contribution in [2.75, 3.05) is 46.4 Å². The summed E-state index contributed by atoms with van der Waals surface area (Å²) in [4.78, 5) is 27.3. The molecule has 2 aliphatic heterocycles. The zero-order valence-corrected chi connectivity index (χ0v) is 11.9. The van der Waals surface area contributed by atoms with Crippen LogP contribution < -0.4 is 5.32 Å². The van der Waals surface area contributed by atoms with Crippen LogP contribution in [0.2, 0.25) is 0 Å². The molecule has 7 heteroatoms. The number of urea groups is 1. The number of carbonyl (C=O) groups excluding carboxylic acids is 1. The summed E-state index contributed by atoms with van der Waals surface area (Å²) in [6.45, 7) is 4.01. The molecule has 2 heterocycles. The van der Waals surface area contributed by atoms with Crippen LogP contribution in [-0.2, 0) is 9.53 Å². The molecule has 0 saturated carbocycles. The van der Waals surface area contributed by atoms with E-state index in [0.717, 1.165) is 19.6 Å². The number of hydrogen-bond donors (Lipinski definition) is 2. The summed E-state index contributed by atoms with van der Waals surface area (Å²) in [6, 6.07) is -0.350. The first kappa shape index (κ1) is 15.1. The number of carboxylic acid groups (broad SMARTS) is 1. The standard InChI is InChI=1S/C13H23N3O4/c1-15(7-8-16-5-2-3-6-16)12(19)14-13(11(17)18)4-9-20-10-13/h2-10H2,1H3,(H,14,19)(H,17,18). The highest BCUT2D eigenvalue weighted by atomic mass is 16.5. The van der Waals surface area contributed by atoms with Crippen molar-refractivity contribution in [1.82, 2.24) is 15.1 Å². The Morgan fingerprint density at radius 3 is 2.65 bits per heavy atom. The van der Waals surface area contributed by atoms with Crippen LogP contribution in [0.4, 0.5) is 4.79 Å². The van der Waals surface area contributed by atoms with Crippen molar-refractivity contribution in [3.8, 4) is 0 Å². The molecule has 0 spiro atoms. The minimum Gasteiger partial charge on any atom is -0.479 e. The SMILES string of the molecule is CN(CCN1CCCC1)C(=O)NC1(C(=O)O)CCOC1. The third-order valence-corrected chi connectivity index (χ3v) is 4.07. The molecule has 0 bridgehead atoms. The largest absolute Gasteiger partial charge is 0.479 e. The number of amides is 2. The fraction of sp³-hybridized carbons (Fsp3) is 0.846. The topological polar surface area (TPSA) is 82.1 Å². The maximum Gasteiger partial charge on any atom is 0.332 e. The first-order chi connectivity index (χ1) is 9.53. The Kier molecular flexibility index (Phi) is 4.82. The number of aliphatic carboxylic acids is 1. The number of likely N-dealkylation sites (tertiary alicyclic amines) is 1. The van der Waals surface area contributed by atoms with E-state index in [9.17, 15) is 14.7 Å². The first-order valence-electron chi connectivity index (χ1n) is 7.10.